The van der Waals surface area contributed by atoms with Crippen LogP contribution in [0, 0.1) is 0 Å². The molecule has 1 amide bonds. The highest BCUT2D eigenvalue weighted by Gasteiger charge is 2.59. The van der Waals surface area contributed by atoms with Gasteiger partial charge in [0.15, 0.2) is 5.79 Å². The Hall–Kier alpha value is -2.49. The van der Waals surface area contributed by atoms with Gasteiger partial charge in [-0.2, -0.15) is 0 Å². The van der Waals surface area contributed by atoms with Gasteiger partial charge in [-0.25, -0.2) is 0 Å². The van der Waals surface area contributed by atoms with Crippen molar-refractivity contribution >= 4 is 17.8 Å². The van der Waals surface area contributed by atoms with E-state index in [0.717, 1.165) is 5.56 Å². The third kappa shape index (κ3) is 5.16. The second-order valence-corrected chi connectivity index (χ2v) is 7.72. The average Bonchev–Trinajstić information content (AvgIpc) is 3.18. The predicted molar refractivity (Wildman–Crippen MR) is 103 cm³/mol. The van der Waals surface area contributed by atoms with Gasteiger partial charge in [-0.3, -0.25) is 14.4 Å². The number of ether oxygens (including phenoxy) is 5. The molecule has 0 spiro atoms. The minimum Gasteiger partial charge on any atom is -0.469 e. The Bertz CT molecular complexity index is 780. The smallest absolute Gasteiger partial charge is 0.308 e. The van der Waals surface area contributed by atoms with E-state index < -0.39 is 54.2 Å². The molecule has 3 rings (SSSR count). The van der Waals surface area contributed by atoms with Gasteiger partial charge in [0.1, 0.15) is 18.3 Å². The Kier molecular flexibility index (Phi) is 6.74. The van der Waals surface area contributed by atoms with Gasteiger partial charge in [0.2, 0.25) is 6.10 Å². The topological polar surface area (TPSA) is 109 Å². The number of amides is 1. The van der Waals surface area contributed by atoms with Crippen molar-refractivity contribution in [1.29, 1.82) is 0 Å². The van der Waals surface area contributed by atoms with Crippen molar-refractivity contribution in [3.05, 3.63) is 35.9 Å². The fourth-order valence-electron chi connectivity index (χ4n) is 3.71. The fourth-order valence-corrected chi connectivity index (χ4v) is 3.71. The van der Waals surface area contributed by atoms with Crippen LogP contribution in [0.15, 0.2) is 30.3 Å². The van der Waals surface area contributed by atoms with E-state index in [-0.39, 0.29) is 13.0 Å². The van der Waals surface area contributed by atoms with E-state index in [1.807, 2.05) is 30.3 Å². The summed E-state index contributed by atoms with van der Waals surface area (Å²) in [6.07, 6.45) is -4.28. The third-order valence-electron chi connectivity index (χ3n) is 4.94. The first-order valence-electron chi connectivity index (χ1n) is 9.77. The van der Waals surface area contributed by atoms with E-state index >= 15 is 0 Å². The van der Waals surface area contributed by atoms with Crippen molar-refractivity contribution in [2.75, 3.05) is 7.11 Å². The number of esters is 2. The summed E-state index contributed by atoms with van der Waals surface area (Å²) >= 11 is 0. The lowest BCUT2D eigenvalue weighted by atomic mass is 10.0. The highest BCUT2D eigenvalue weighted by atomic mass is 16.8. The highest BCUT2D eigenvalue weighted by molar-refractivity contribution is 5.84. The number of nitrogens with one attached hydrogen (secondary N) is 1. The van der Waals surface area contributed by atoms with Crippen LogP contribution in [-0.2, 0) is 44.6 Å². The molecule has 5 atom stereocenters. The largest absolute Gasteiger partial charge is 0.469 e. The van der Waals surface area contributed by atoms with Crippen LogP contribution in [0.4, 0.5) is 0 Å². The summed E-state index contributed by atoms with van der Waals surface area (Å²) in [5.74, 6) is -2.58. The van der Waals surface area contributed by atoms with E-state index in [4.69, 9.17) is 23.7 Å². The maximum absolute atomic E-state index is 12.9. The summed E-state index contributed by atoms with van der Waals surface area (Å²) in [5, 5.41) is 2.76. The Morgan fingerprint density at radius 3 is 2.43 bits per heavy atom. The quantitative estimate of drug-likeness (QED) is 0.652. The van der Waals surface area contributed by atoms with Gasteiger partial charge >= 0.3 is 11.9 Å². The van der Waals surface area contributed by atoms with E-state index in [2.05, 4.69) is 5.32 Å². The molecule has 2 fully saturated rings. The van der Waals surface area contributed by atoms with Crippen LogP contribution in [0.25, 0.3) is 0 Å². The number of hydrogen-bond donors (Lipinski definition) is 1. The van der Waals surface area contributed by atoms with Gasteiger partial charge in [0.05, 0.1) is 19.6 Å². The summed E-state index contributed by atoms with van der Waals surface area (Å²) in [7, 11) is 1.28. The van der Waals surface area contributed by atoms with Gasteiger partial charge in [0, 0.05) is 13.5 Å². The van der Waals surface area contributed by atoms with Crippen molar-refractivity contribution < 1.29 is 38.1 Å². The van der Waals surface area contributed by atoms with E-state index in [9.17, 15) is 14.4 Å². The molecule has 9 heteroatoms. The zero-order chi connectivity index (χ0) is 21.9. The number of benzene rings is 1. The lowest BCUT2D eigenvalue weighted by Crippen LogP contribution is -2.49. The third-order valence-corrected chi connectivity index (χ3v) is 4.94. The number of methoxy groups -OCH3 is 1. The number of hydrogen-bond acceptors (Lipinski definition) is 8. The summed E-state index contributed by atoms with van der Waals surface area (Å²) in [6.45, 7) is 4.93. The standard InChI is InChI=1S/C21H27NO8/c1-12(23)27-19(20(25)22-11-13-8-6-5-7-9-13)17-18-16(29-21(2,3)30-18)14(28-17)10-15(24)26-4/h5-9,14,16-19H,10-11H2,1-4H3,(H,22,25)/t14-,16-,17-,18-,19+/m0/s1. The second kappa shape index (κ2) is 9.11. The van der Waals surface area contributed by atoms with Crippen LogP contribution in [-0.4, -0.2) is 61.3 Å². The number of rotatable bonds is 7. The lowest BCUT2D eigenvalue weighted by molar-refractivity contribution is -0.204. The molecule has 0 aliphatic carbocycles. The zero-order valence-electron chi connectivity index (χ0n) is 17.5. The van der Waals surface area contributed by atoms with Crippen molar-refractivity contribution in [2.45, 2.75) is 70.0 Å². The molecule has 0 aromatic heterocycles. The monoisotopic (exact) mass is 421 g/mol. The zero-order valence-corrected chi connectivity index (χ0v) is 17.5. The molecule has 30 heavy (non-hydrogen) atoms. The normalized spacial score (nSPS) is 27.7. The van der Waals surface area contributed by atoms with Crippen LogP contribution < -0.4 is 5.32 Å². The minimum absolute atomic E-state index is 0.0773. The molecule has 9 nitrogen and oxygen atoms in total. The first-order chi connectivity index (χ1) is 14.2. The molecule has 1 aromatic carbocycles. The predicted octanol–water partition coefficient (Wildman–Crippen LogP) is 1.09. The molecular weight excluding hydrogens is 394 g/mol. The maximum Gasteiger partial charge on any atom is 0.308 e. The maximum atomic E-state index is 12.9. The molecule has 1 aromatic rings. The van der Waals surface area contributed by atoms with Crippen LogP contribution in [0.3, 0.4) is 0 Å². The molecule has 1 N–H and O–H groups in total. The number of carbonyl (C=O) groups is 3. The van der Waals surface area contributed by atoms with Gasteiger partial charge in [-0.05, 0) is 19.4 Å². The number of fused-ring (bicyclic) bond motifs is 1. The molecule has 2 aliphatic heterocycles. The lowest BCUT2D eigenvalue weighted by Gasteiger charge is -2.28. The molecule has 2 heterocycles. The van der Waals surface area contributed by atoms with Gasteiger partial charge < -0.3 is 29.0 Å². The molecule has 0 saturated carbocycles. The Labute approximate surface area is 174 Å². The van der Waals surface area contributed by atoms with Crippen molar-refractivity contribution in [2.24, 2.45) is 0 Å². The molecular formula is C21H27NO8. The SMILES string of the molecule is COC(=O)C[C@@H]1O[C@H]([C@@H](OC(C)=O)C(=O)NCc2ccccc2)[C@H]2OC(C)(C)O[C@H]21. The first-order valence-corrected chi connectivity index (χ1v) is 9.77. The summed E-state index contributed by atoms with van der Waals surface area (Å²) in [6, 6.07) is 9.33. The number of carbonyl (C=O) groups excluding carboxylic acids is 3. The van der Waals surface area contributed by atoms with Gasteiger partial charge in [-0.15, -0.1) is 0 Å². The molecule has 0 bridgehead atoms. The molecule has 2 saturated heterocycles. The van der Waals surface area contributed by atoms with E-state index in [0.29, 0.717) is 0 Å². The molecule has 0 unspecified atom stereocenters. The average molecular weight is 421 g/mol. The van der Waals surface area contributed by atoms with Crippen LogP contribution in [0.1, 0.15) is 32.8 Å². The Morgan fingerprint density at radius 1 is 1.13 bits per heavy atom. The molecule has 0 radical (unpaired) electrons. The van der Waals surface area contributed by atoms with Gasteiger partial charge in [-0.1, -0.05) is 30.3 Å². The Balaban J connectivity index is 1.78. The van der Waals surface area contributed by atoms with Crippen LogP contribution in [0.5, 0.6) is 0 Å². The van der Waals surface area contributed by atoms with Crippen molar-refractivity contribution in [3.8, 4) is 0 Å². The Morgan fingerprint density at radius 2 is 1.80 bits per heavy atom. The van der Waals surface area contributed by atoms with Crippen molar-refractivity contribution in [3.63, 3.8) is 0 Å². The fraction of sp³-hybridized carbons (Fsp3) is 0.571. The first kappa shape index (κ1) is 22.2. The molecule has 164 valence electrons. The van der Waals surface area contributed by atoms with Crippen LogP contribution in [0.2, 0.25) is 0 Å². The summed E-state index contributed by atoms with van der Waals surface area (Å²) in [5.41, 5.74) is 0.891. The van der Waals surface area contributed by atoms with E-state index in [1.54, 1.807) is 13.8 Å². The highest BCUT2D eigenvalue weighted by Crippen LogP contribution is 2.41. The summed E-state index contributed by atoms with van der Waals surface area (Å²) < 4.78 is 27.8. The van der Waals surface area contributed by atoms with Gasteiger partial charge in [0.25, 0.3) is 5.91 Å². The van der Waals surface area contributed by atoms with Crippen molar-refractivity contribution in [1.82, 2.24) is 5.32 Å². The summed E-state index contributed by atoms with van der Waals surface area (Å²) in [4.78, 5) is 36.4. The second-order valence-electron chi connectivity index (χ2n) is 7.72. The minimum atomic E-state index is -1.26. The molecule has 2 aliphatic rings. The van der Waals surface area contributed by atoms with E-state index in [1.165, 1.54) is 14.0 Å². The van der Waals surface area contributed by atoms with Crippen LogP contribution >= 0.6 is 0 Å².